The van der Waals surface area contributed by atoms with Crippen molar-refractivity contribution in [2.45, 2.75) is 13.8 Å². The first-order valence-electron chi connectivity index (χ1n) is 9.60. The monoisotopic (exact) mass is 420 g/mol. The highest BCUT2D eigenvalue weighted by atomic mass is 16.5. The molecule has 157 valence electrons. The second-order valence-corrected chi connectivity index (χ2v) is 6.89. The van der Waals surface area contributed by atoms with Gasteiger partial charge >= 0.3 is 11.9 Å². The van der Waals surface area contributed by atoms with Gasteiger partial charge in [-0.15, -0.1) is 0 Å². The average Bonchev–Trinajstić information content (AvgIpc) is 2.73. The molecule has 0 saturated carbocycles. The maximum absolute atomic E-state index is 13.0. The van der Waals surface area contributed by atoms with Crippen molar-refractivity contribution < 1.29 is 24.2 Å². The Bertz CT molecular complexity index is 1500. The lowest BCUT2D eigenvalue weighted by molar-refractivity contribution is 0.0481. The highest BCUT2D eigenvalue weighted by Gasteiger charge is 2.27. The first kappa shape index (κ1) is 20.3. The molecule has 0 unspecified atom stereocenters. The minimum atomic E-state index is -0.793. The molecule has 0 amide bonds. The number of pyridine rings is 1. The molecular weight excluding hydrogens is 402 g/mol. The van der Waals surface area contributed by atoms with Crippen LogP contribution < -0.4 is 10.9 Å². The zero-order valence-electron chi connectivity index (χ0n) is 16.9. The topological polar surface area (TPSA) is 112 Å². The van der Waals surface area contributed by atoms with E-state index in [4.69, 9.17) is 9.47 Å². The van der Waals surface area contributed by atoms with Gasteiger partial charge in [0, 0.05) is 29.3 Å². The van der Waals surface area contributed by atoms with Gasteiger partial charge in [-0.3, -0.25) is 9.59 Å². The number of ether oxygens (including phenoxy) is 2. The number of fused-ring (bicyclic) bond motifs is 2. The van der Waals surface area contributed by atoms with Crippen LogP contribution in [-0.2, 0) is 9.47 Å². The van der Waals surface area contributed by atoms with Gasteiger partial charge in [0.25, 0.3) is 0 Å². The number of phenolic OH excluding ortho intramolecular Hbond substituents is 1. The van der Waals surface area contributed by atoms with Crippen LogP contribution in [0.15, 0.2) is 39.9 Å². The Labute approximate surface area is 175 Å². The van der Waals surface area contributed by atoms with Crippen molar-refractivity contribution in [1.29, 1.82) is 0 Å². The molecule has 31 heavy (non-hydrogen) atoms. The van der Waals surface area contributed by atoms with E-state index in [-0.39, 0.29) is 51.6 Å². The number of hydrogen-bond acceptors (Lipinski definition) is 7. The molecule has 3 aromatic carbocycles. The summed E-state index contributed by atoms with van der Waals surface area (Å²) in [5, 5.41) is 11.4. The fraction of sp³-hybridized carbons (Fsp3) is 0.174. The summed E-state index contributed by atoms with van der Waals surface area (Å²) in [6, 6.07) is 6.64. The maximum atomic E-state index is 13.0. The number of nitrogens with zero attached hydrogens (tertiary/aromatic N) is 1. The van der Waals surface area contributed by atoms with E-state index in [1.54, 1.807) is 13.8 Å². The van der Waals surface area contributed by atoms with Crippen LogP contribution in [-0.4, -0.2) is 34.8 Å². The number of carbonyl (C=O) groups is 2. The van der Waals surface area contributed by atoms with Crippen LogP contribution in [0.5, 0.6) is 5.75 Å². The van der Waals surface area contributed by atoms with E-state index in [9.17, 15) is 24.3 Å². The largest absolute Gasteiger partial charge is 0.504 e. The van der Waals surface area contributed by atoms with Gasteiger partial charge in [-0.25, -0.2) is 9.59 Å². The molecule has 8 heteroatoms. The third kappa shape index (κ3) is 2.99. The minimum Gasteiger partial charge on any atom is -0.504 e. The zero-order valence-corrected chi connectivity index (χ0v) is 16.9. The van der Waals surface area contributed by atoms with E-state index >= 15 is 0 Å². The summed E-state index contributed by atoms with van der Waals surface area (Å²) < 4.78 is 11.6. The first-order valence-corrected chi connectivity index (χ1v) is 9.60. The van der Waals surface area contributed by atoms with Crippen molar-refractivity contribution in [3.8, 4) is 5.75 Å². The van der Waals surface area contributed by atoms with E-state index in [2.05, 4.69) is 7.05 Å². The Morgan fingerprint density at radius 2 is 1.65 bits per heavy atom. The van der Waals surface area contributed by atoms with Crippen molar-refractivity contribution in [3.63, 3.8) is 0 Å². The molecule has 0 aliphatic heterocycles. The quantitative estimate of drug-likeness (QED) is 0.307. The summed E-state index contributed by atoms with van der Waals surface area (Å²) in [7, 11) is 3.90. The van der Waals surface area contributed by atoms with Crippen LogP contribution >= 0.6 is 0 Å². The van der Waals surface area contributed by atoms with Crippen molar-refractivity contribution in [1.82, 2.24) is 4.57 Å². The van der Waals surface area contributed by atoms with Gasteiger partial charge in [0.15, 0.2) is 5.75 Å². The van der Waals surface area contributed by atoms with E-state index in [1.807, 2.05) is 0 Å². The second kappa shape index (κ2) is 7.39. The van der Waals surface area contributed by atoms with Crippen LogP contribution in [0.25, 0.3) is 32.6 Å². The SMILES string of the molecule is [CH2]n1c2cc(=O)c(O)cc2c2c(C(=O)OCC)c(C(=O)OCC)cc3ccc(=O)c1c32. The van der Waals surface area contributed by atoms with E-state index in [0.29, 0.717) is 10.8 Å². The number of esters is 2. The van der Waals surface area contributed by atoms with Crippen molar-refractivity contribution in [3.05, 3.63) is 69.0 Å². The molecule has 1 aromatic heterocycles. The van der Waals surface area contributed by atoms with E-state index < -0.39 is 23.1 Å². The number of carbonyl (C=O) groups excluding carboxylic acids is 2. The first-order chi connectivity index (χ1) is 14.8. The Morgan fingerprint density at radius 1 is 0.968 bits per heavy atom. The Balaban J connectivity index is 2.38. The molecule has 8 nitrogen and oxygen atoms in total. The van der Waals surface area contributed by atoms with E-state index in [1.165, 1.54) is 28.8 Å². The number of benzene rings is 3. The molecule has 1 heterocycles. The molecule has 0 spiro atoms. The summed E-state index contributed by atoms with van der Waals surface area (Å²) in [5.41, 5.74) is -0.838. The maximum Gasteiger partial charge on any atom is 0.339 e. The molecule has 1 N–H and O–H groups in total. The molecule has 0 atom stereocenters. The predicted octanol–water partition coefficient (Wildman–Crippen LogP) is 2.80. The normalized spacial score (nSPS) is 11.3. The fourth-order valence-electron chi connectivity index (χ4n) is 3.88. The minimum absolute atomic E-state index is 0.0402. The second-order valence-electron chi connectivity index (χ2n) is 6.89. The van der Waals surface area contributed by atoms with Gasteiger partial charge < -0.3 is 19.1 Å². The number of aromatic hydroxyl groups is 1. The molecule has 4 rings (SSSR count). The van der Waals surface area contributed by atoms with Gasteiger partial charge in [0.2, 0.25) is 10.9 Å². The number of hydrogen-bond donors (Lipinski definition) is 1. The summed E-state index contributed by atoms with van der Waals surface area (Å²) >= 11 is 0. The summed E-state index contributed by atoms with van der Waals surface area (Å²) in [6.45, 7) is 3.39. The van der Waals surface area contributed by atoms with Gasteiger partial charge in [-0.2, -0.15) is 0 Å². The number of aromatic nitrogens is 1. The van der Waals surface area contributed by atoms with Gasteiger partial charge in [0.1, 0.15) is 0 Å². The van der Waals surface area contributed by atoms with Crippen LogP contribution in [0.1, 0.15) is 34.6 Å². The predicted molar refractivity (Wildman–Crippen MR) is 115 cm³/mol. The molecule has 0 bridgehead atoms. The summed E-state index contributed by atoms with van der Waals surface area (Å²) in [6.07, 6.45) is 0. The lowest BCUT2D eigenvalue weighted by Crippen LogP contribution is -2.17. The van der Waals surface area contributed by atoms with E-state index in [0.717, 1.165) is 6.07 Å². The third-order valence-electron chi connectivity index (χ3n) is 5.12. The molecule has 4 aromatic rings. The lowest BCUT2D eigenvalue weighted by atomic mass is 9.91. The summed E-state index contributed by atoms with van der Waals surface area (Å²) in [4.78, 5) is 50.6. The van der Waals surface area contributed by atoms with Crippen LogP contribution in [0.4, 0.5) is 0 Å². The molecular formula is C23H18NO7. The number of phenols is 1. The Kier molecular flexibility index (Phi) is 4.85. The van der Waals surface area contributed by atoms with Crippen LogP contribution in [0.2, 0.25) is 0 Å². The fourth-order valence-corrected chi connectivity index (χ4v) is 3.88. The van der Waals surface area contributed by atoms with Crippen molar-refractivity contribution in [2.75, 3.05) is 13.2 Å². The molecule has 0 saturated heterocycles. The van der Waals surface area contributed by atoms with Gasteiger partial charge in [-0.1, -0.05) is 6.07 Å². The Morgan fingerprint density at radius 3 is 2.32 bits per heavy atom. The highest BCUT2D eigenvalue weighted by molar-refractivity contribution is 6.28. The third-order valence-corrected chi connectivity index (χ3v) is 5.12. The van der Waals surface area contributed by atoms with Gasteiger partial charge in [0.05, 0.1) is 35.4 Å². The smallest absolute Gasteiger partial charge is 0.339 e. The van der Waals surface area contributed by atoms with Crippen LogP contribution in [0, 0.1) is 7.05 Å². The molecule has 1 radical (unpaired) electrons. The van der Waals surface area contributed by atoms with Crippen molar-refractivity contribution >= 4 is 44.5 Å². The molecule has 0 aliphatic carbocycles. The zero-order chi connectivity index (χ0) is 22.4. The van der Waals surface area contributed by atoms with Crippen LogP contribution in [0.3, 0.4) is 0 Å². The summed E-state index contributed by atoms with van der Waals surface area (Å²) in [5.74, 6) is -2.07. The van der Waals surface area contributed by atoms with Gasteiger partial charge in [-0.05, 0) is 37.4 Å². The standard InChI is InChI=1S/C23H18NO7/c1-4-30-22(28)13-8-11-6-7-15(25)21-18(11)19(20(13)23(29)31-5-2)12-9-16(26)17(27)10-14(12)24(21)3/h6-10,26H,3-5H2,1-2H3. The number of rotatable bonds is 4. The highest BCUT2D eigenvalue weighted by Crippen LogP contribution is 2.37. The average molecular weight is 420 g/mol. The Hall–Kier alpha value is -3.94. The molecule has 0 aliphatic rings. The molecule has 0 fully saturated rings. The lowest BCUT2D eigenvalue weighted by Gasteiger charge is -2.19. The van der Waals surface area contributed by atoms with Crippen molar-refractivity contribution in [2.24, 2.45) is 0 Å².